The number of hydrogen-bond donors (Lipinski definition) is 3. The summed E-state index contributed by atoms with van der Waals surface area (Å²) < 4.78 is 0. The smallest absolute Gasteiger partial charge is 0.255 e. The van der Waals surface area contributed by atoms with Gasteiger partial charge in [0.2, 0.25) is 5.91 Å². The lowest BCUT2D eigenvalue weighted by Gasteiger charge is -2.08. The molecule has 3 rings (SSSR count). The SMILES string of the molecule is CC(=O)Nc1cccc(C(=O)Nc2ccc3c(c2)CNC3)c1. The van der Waals surface area contributed by atoms with Crippen LogP contribution >= 0.6 is 0 Å². The minimum absolute atomic E-state index is 0.163. The average Bonchev–Trinajstić information content (AvgIpc) is 2.94. The van der Waals surface area contributed by atoms with E-state index in [1.54, 1.807) is 24.3 Å². The fourth-order valence-corrected chi connectivity index (χ4v) is 2.52. The van der Waals surface area contributed by atoms with E-state index < -0.39 is 0 Å². The zero-order chi connectivity index (χ0) is 15.5. The van der Waals surface area contributed by atoms with Gasteiger partial charge >= 0.3 is 0 Å². The zero-order valence-electron chi connectivity index (χ0n) is 12.3. The van der Waals surface area contributed by atoms with E-state index in [4.69, 9.17) is 0 Å². The Labute approximate surface area is 128 Å². The predicted octanol–water partition coefficient (Wildman–Crippen LogP) is 2.50. The Bertz CT molecular complexity index is 740. The summed E-state index contributed by atoms with van der Waals surface area (Å²) in [6.07, 6.45) is 0. The number of amides is 2. The lowest BCUT2D eigenvalue weighted by Crippen LogP contribution is -2.13. The van der Waals surface area contributed by atoms with E-state index >= 15 is 0 Å². The van der Waals surface area contributed by atoms with Crippen LogP contribution in [0, 0.1) is 0 Å². The Morgan fingerprint density at radius 1 is 0.955 bits per heavy atom. The van der Waals surface area contributed by atoms with Crippen molar-refractivity contribution in [3.8, 4) is 0 Å². The van der Waals surface area contributed by atoms with Gasteiger partial charge in [-0.15, -0.1) is 0 Å². The zero-order valence-corrected chi connectivity index (χ0v) is 12.3. The van der Waals surface area contributed by atoms with Crippen LogP contribution in [0.15, 0.2) is 42.5 Å². The fraction of sp³-hybridized carbons (Fsp3) is 0.176. The third kappa shape index (κ3) is 3.15. The first-order valence-electron chi connectivity index (χ1n) is 7.13. The molecule has 5 nitrogen and oxygen atoms in total. The number of anilines is 2. The molecule has 0 bridgehead atoms. The second-order valence-corrected chi connectivity index (χ2v) is 5.30. The first-order valence-corrected chi connectivity index (χ1v) is 7.13. The fourth-order valence-electron chi connectivity index (χ4n) is 2.52. The van der Waals surface area contributed by atoms with Gasteiger partial charge in [0.25, 0.3) is 5.91 Å². The lowest BCUT2D eigenvalue weighted by molar-refractivity contribution is -0.114. The number of carbonyl (C=O) groups is 2. The third-order valence-corrected chi connectivity index (χ3v) is 3.54. The Kier molecular flexibility index (Phi) is 3.89. The molecule has 5 heteroatoms. The van der Waals surface area contributed by atoms with E-state index in [0.717, 1.165) is 18.8 Å². The van der Waals surface area contributed by atoms with Gasteiger partial charge in [0.1, 0.15) is 0 Å². The second kappa shape index (κ2) is 5.99. The van der Waals surface area contributed by atoms with Gasteiger partial charge in [0.05, 0.1) is 0 Å². The summed E-state index contributed by atoms with van der Waals surface area (Å²) in [6.45, 7) is 3.14. The molecule has 0 fully saturated rings. The summed E-state index contributed by atoms with van der Waals surface area (Å²) in [5, 5.41) is 8.83. The van der Waals surface area contributed by atoms with Crippen molar-refractivity contribution < 1.29 is 9.59 Å². The Morgan fingerprint density at radius 3 is 2.55 bits per heavy atom. The topological polar surface area (TPSA) is 70.2 Å². The first kappa shape index (κ1) is 14.3. The number of fused-ring (bicyclic) bond motifs is 1. The van der Waals surface area contributed by atoms with Gasteiger partial charge in [-0.2, -0.15) is 0 Å². The summed E-state index contributed by atoms with van der Waals surface area (Å²) in [5.41, 5.74) is 4.37. The molecule has 112 valence electrons. The predicted molar refractivity (Wildman–Crippen MR) is 85.7 cm³/mol. The van der Waals surface area contributed by atoms with Crippen molar-refractivity contribution in [2.45, 2.75) is 20.0 Å². The normalized spacial score (nSPS) is 12.6. The molecule has 3 N–H and O–H groups in total. The molecular weight excluding hydrogens is 278 g/mol. The van der Waals surface area contributed by atoms with Gasteiger partial charge in [-0.1, -0.05) is 12.1 Å². The van der Waals surface area contributed by atoms with Gasteiger partial charge in [0, 0.05) is 37.0 Å². The monoisotopic (exact) mass is 295 g/mol. The molecule has 2 aromatic rings. The van der Waals surface area contributed by atoms with E-state index in [9.17, 15) is 9.59 Å². The van der Waals surface area contributed by atoms with E-state index in [1.165, 1.54) is 18.1 Å². The molecule has 1 heterocycles. The lowest BCUT2D eigenvalue weighted by atomic mass is 10.1. The van der Waals surface area contributed by atoms with Crippen LogP contribution in [0.4, 0.5) is 11.4 Å². The molecule has 0 saturated carbocycles. The molecule has 0 atom stereocenters. The van der Waals surface area contributed by atoms with Crippen molar-refractivity contribution in [2.75, 3.05) is 10.6 Å². The van der Waals surface area contributed by atoms with E-state index in [-0.39, 0.29) is 11.8 Å². The van der Waals surface area contributed by atoms with Crippen LogP contribution in [0.25, 0.3) is 0 Å². The van der Waals surface area contributed by atoms with Gasteiger partial charge in [-0.25, -0.2) is 0 Å². The number of hydrogen-bond acceptors (Lipinski definition) is 3. The van der Waals surface area contributed by atoms with Crippen LogP contribution < -0.4 is 16.0 Å². The van der Waals surface area contributed by atoms with Crippen LogP contribution in [0.2, 0.25) is 0 Å². The molecule has 0 radical (unpaired) electrons. The van der Waals surface area contributed by atoms with E-state index in [2.05, 4.69) is 16.0 Å². The van der Waals surface area contributed by atoms with Gasteiger partial charge < -0.3 is 16.0 Å². The van der Waals surface area contributed by atoms with Crippen molar-refractivity contribution in [3.63, 3.8) is 0 Å². The molecule has 2 amide bonds. The molecule has 0 saturated heterocycles. The maximum absolute atomic E-state index is 12.3. The molecule has 1 aliphatic rings. The van der Waals surface area contributed by atoms with Crippen LogP contribution in [0.5, 0.6) is 0 Å². The summed E-state index contributed by atoms with van der Waals surface area (Å²) in [6, 6.07) is 12.8. The van der Waals surface area contributed by atoms with Crippen molar-refractivity contribution in [1.82, 2.24) is 5.32 Å². The van der Waals surface area contributed by atoms with E-state index in [1.807, 2.05) is 18.2 Å². The summed E-state index contributed by atoms with van der Waals surface area (Å²) in [7, 11) is 0. The van der Waals surface area contributed by atoms with Crippen molar-refractivity contribution in [2.24, 2.45) is 0 Å². The molecule has 2 aromatic carbocycles. The van der Waals surface area contributed by atoms with Crippen LogP contribution in [0.3, 0.4) is 0 Å². The van der Waals surface area contributed by atoms with Crippen LogP contribution in [0.1, 0.15) is 28.4 Å². The average molecular weight is 295 g/mol. The minimum atomic E-state index is -0.196. The molecule has 0 aromatic heterocycles. The number of rotatable bonds is 3. The van der Waals surface area contributed by atoms with Gasteiger partial charge in [0.15, 0.2) is 0 Å². The third-order valence-electron chi connectivity index (χ3n) is 3.54. The van der Waals surface area contributed by atoms with Crippen LogP contribution in [-0.2, 0) is 17.9 Å². The van der Waals surface area contributed by atoms with Crippen molar-refractivity contribution in [3.05, 3.63) is 59.2 Å². The maximum atomic E-state index is 12.3. The highest BCUT2D eigenvalue weighted by molar-refractivity contribution is 6.05. The molecule has 1 aliphatic heterocycles. The summed E-state index contributed by atoms with van der Waals surface area (Å²) in [5.74, 6) is -0.359. The van der Waals surface area contributed by atoms with E-state index in [0.29, 0.717) is 11.3 Å². The van der Waals surface area contributed by atoms with Crippen molar-refractivity contribution >= 4 is 23.2 Å². The number of carbonyl (C=O) groups excluding carboxylic acids is 2. The molecule has 0 unspecified atom stereocenters. The van der Waals surface area contributed by atoms with Gasteiger partial charge in [-0.05, 0) is 41.5 Å². The number of nitrogens with one attached hydrogen (secondary N) is 3. The Balaban J connectivity index is 1.75. The van der Waals surface area contributed by atoms with Crippen LogP contribution in [-0.4, -0.2) is 11.8 Å². The standard InChI is InChI=1S/C17H17N3O2/c1-11(21)19-15-4-2-3-12(7-15)17(22)20-16-6-5-13-9-18-10-14(13)8-16/h2-8,18H,9-10H2,1H3,(H,19,21)(H,20,22). The largest absolute Gasteiger partial charge is 0.326 e. The summed E-state index contributed by atoms with van der Waals surface area (Å²) in [4.78, 5) is 23.4. The second-order valence-electron chi connectivity index (χ2n) is 5.30. The van der Waals surface area contributed by atoms with Gasteiger partial charge in [-0.3, -0.25) is 9.59 Å². The molecular formula is C17H17N3O2. The highest BCUT2D eigenvalue weighted by Crippen LogP contribution is 2.21. The van der Waals surface area contributed by atoms with Crippen molar-refractivity contribution in [1.29, 1.82) is 0 Å². The minimum Gasteiger partial charge on any atom is -0.326 e. The quantitative estimate of drug-likeness (QED) is 0.815. The highest BCUT2D eigenvalue weighted by Gasteiger charge is 2.12. The maximum Gasteiger partial charge on any atom is 0.255 e. The molecule has 0 aliphatic carbocycles. The first-order chi connectivity index (χ1) is 10.6. The highest BCUT2D eigenvalue weighted by atomic mass is 16.2. The Morgan fingerprint density at radius 2 is 1.73 bits per heavy atom. The number of benzene rings is 2. The Hall–Kier alpha value is -2.66. The molecule has 22 heavy (non-hydrogen) atoms. The summed E-state index contributed by atoms with van der Waals surface area (Å²) >= 11 is 0. The molecule has 0 spiro atoms.